The summed E-state index contributed by atoms with van der Waals surface area (Å²) in [6, 6.07) is 13.2. The Morgan fingerprint density at radius 3 is 1.87 bits per heavy atom. The van der Waals surface area contributed by atoms with Gasteiger partial charge in [-0.3, -0.25) is 9.59 Å². The number of fused-ring (bicyclic) bond motifs is 2. The Bertz CT molecular complexity index is 1280. The SMILES string of the molecule is Nc1c(C(=O)O)cc(Nc2ccccc2C(=O)O)c2c1C(=O)c1ccccc1C2=O. The normalized spacial score (nSPS) is 12.1. The molecule has 4 rings (SSSR count). The number of carboxylic acids is 2. The van der Waals surface area contributed by atoms with E-state index >= 15 is 0 Å². The van der Waals surface area contributed by atoms with Crippen molar-refractivity contribution in [3.05, 3.63) is 88.0 Å². The van der Waals surface area contributed by atoms with Crippen LogP contribution in [-0.2, 0) is 0 Å². The van der Waals surface area contributed by atoms with E-state index in [0.29, 0.717) is 0 Å². The number of aromatic carboxylic acids is 2. The minimum absolute atomic E-state index is 0.0156. The molecule has 0 saturated carbocycles. The maximum Gasteiger partial charge on any atom is 0.337 e. The maximum atomic E-state index is 13.2. The lowest BCUT2D eigenvalue weighted by molar-refractivity contribution is 0.0686. The predicted octanol–water partition coefficient (Wildman–Crippen LogP) is 3.18. The summed E-state index contributed by atoms with van der Waals surface area (Å²) in [5.74, 6) is -3.69. The lowest BCUT2D eigenvalue weighted by atomic mass is 9.81. The number of nitrogen functional groups attached to an aromatic ring is 1. The highest BCUT2D eigenvalue weighted by molar-refractivity contribution is 6.32. The Labute approximate surface area is 169 Å². The molecule has 0 unspecified atom stereocenters. The highest BCUT2D eigenvalue weighted by Crippen LogP contribution is 2.39. The van der Waals surface area contributed by atoms with Crippen molar-refractivity contribution in [2.75, 3.05) is 11.1 Å². The van der Waals surface area contributed by atoms with E-state index in [1.807, 2.05) is 0 Å². The second-order valence-electron chi connectivity index (χ2n) is 6.62. The van der Waals surface area contributed by atoms with Crippen LogP contribution in [0.2, 0.25) is 0 Å². The van der Waals surface area contributed by atoms with Crippen LogP contribution in [0.3, 0.4) is 0 Å². The second kappa shape index (κ2) is 6.85. The fourth-order valence-corrected chi connectivity index (χ4v) is 3.52. The van der Waals surface area contributed by atoms with Crippen molar-refractivity contribution in [2.45, 2.75) is 0 Å². The average molecular weight is 402 g/mol. The number of benzene rings is 3. The molecule has 0 saturated heterocycles. The second-order valence-corrected chi connectivity index (χ2v) is 6.62. The van der Waals surface area contributed by atoms with Gasteiger partial charge in [-0.25, -0.2) is 9.59 Å². The zero-order chi connectivity index (χ0) is 21.6. The number of hydrogen-bond acceptors (Lipinski definition) is 6. The molecule has 0 amide bonds. The molecule has 0 bridgehead atoms. The van der Waals surface area contributed by atoms with Gasteiger partial charge in [-0.1, -0.05) is 36.4 Å². The van der Waals surface area contributed by atoms with Crippen LogP contribution in [0.1, 0.15) is 52.6 Å². The molecule has 1 aliphatic rings. The van der Waals surface area contributed by atoms with E-state index in [1.165, 1.54) is 30.3 Å². The third-order valence-electron chi connectivity index (χ3n) is 4.90. The van der Waals surface area contributed by atoms with Crippen molar-refractivity contribution in [1.82, 2.24) is 0 Å². The van der Waals surface area contributed by atoms with Gasteiger partial charge in [0.2, 0.25) is 0 Å². The van der Waals surface area contributed by atoms with Gasteiger partial charge in [-0.15, -0.1) is 0 Å². The van der Waals surface area contributed by atoms with Gasteiger partial charge in [-0.05, 0) is 18.2 Å². The third-order valence-corrected chi connectivity index (χ3v) is 4.90. The zero-order valence-corrected chi connectivity index (χ0v) is 15.3. The molecule has 5 N–H and O–H groups in total. The molecule has 1 aliphatic carbocycles. The number of rotatable bonds is 4. The van der Waals surface area contributed by atoms with Crippen molar-refractivity contribution >= 4 is 40.6 Å². The molecular weight excluding hydrogens is 388 g/mol. The van der Waals surface area contributed by atoms with Crippen molar-refractivity contribution in [3.63, 3.8) is 0 Å². The number of hydrogen-bond donors (Lipinski definition) is 4. The van der Waals surface area contributed by atoms with Crippen LogP contribution in [0.25, 0.3) is 0 Å². The average Bonchev–Trinajstić information content (AvgIpc) is 2.73. The molecule has 3 aromatic carbocycles. The monoisotopic (exact) mass is 402 g/mol. The first-order valence-electron chi connectivity index (χ1n) is 8.78. The van der Waals surface area contributed by atoms with Gasteiger partial charge in [0.05, 0.1) is 39.3 Å². The van der Waals surface area contributed by atoms with Gasteiger partial charge in [0.1, 0.15) is 0 Å². The van der Waals surface area contributed by atoms with Gasteiger partial charge in [0.25, 0.3) is 0 Å². The van der Waals surface area contributed by atoms with E-state index in [4.69, 9.17) is 5.73 Å². The Morgan fingerprint density at radius 1 is 0.733 bits per heavy atom. The maximum absolute atomic E-state index is 13.2. The van der Waals surface area contributed by atoms with Crippen molar-refractivity contribution in [3.8, 4) is 0 Å². The van der Waals surface area contributed by atoms with Gasteiger partial charge in [0, 0.05) is 11.1 Å². The summed E-state index contributed by atoms with van der Waals surface area (Å²) in [5.41, 5.74) is 5.30. The highest BCUT2D eigenvalue weighted by atomic mass is 16.4. The first-order valence-corrected chi connectivity index (χ1v) is 8.78. The fourth-order valence-electron chi connectivity index (χ4n) is 3.52. The first kappa shape index (κ1) is 18.9. The molecule has 0 heterocycles. The third kappa shape index (κ3) is 2.78. The first-order chi connectivity index (χ1) is 14.3. The minimum Gasteiger partial charge on any atom is -0.478 e. The van der Waals surface area contributed by atoms with Gasteiger partial charge >= 0.3 is 11.9 Å². The van der Waals surface area contributed by atoms with Gasteiger partial charge in [-0.2, -0.15) is 0 Å². The van der Waals surface area contributed by atoms with E-state index in [9.17, 15) is 29.4 Å². The van der Waals surface area contributed by atoms with E-state index in [0.717, 1.165) is 6.07 Å². The minimum atomic E-state index is -1.39. The van der Waals surface area contributed by atoms with Crippen LogP contribution in [0, 0.1) is 0 Å². The van der Waals surface area contributed by atoms with Crippen LogP contribution >= 0.6 is 0 Å². The summed E-state index contributed by atoms with van der Waals surface area (Å²) in [7, 11) is 0. The Morgan fingerprint density at radius 2 is 1.27 bits per heavy atom. The number of carbonyl (C=O) groups excluding carboxylic acids is 2. The van der Waals surface area contributed by atoms with E-state index in [1.54, 1.807) is 18.2 Å². The molecule has 0 radical (unpaired) electrons. The standard InChI is InChI=1S/C22H14N2O6/c23-18-13(22(29)30)9-15(24-14-8-4-3-7-12(14)21(27)28)16-17(18)20(26)11-6-2-1-5-10(11)19(16)25/h1-9,24H,23H2,(H,27,28)(H,29,30). The van der Waals surface area contributed by atoms with Crippen LogP contribution in [0.5, 0.6) is 0 Å². The number of para-hydroxylation sites is 1. The smallest absolute Gasteiger partial charge is 0.337 e. The molecular formula is C22H14N2O6. The predicted molar refractivity (Wildman–Crippen MR) is 108 cm³/mol. The van der Waals surface area contributed by atoms with Gasteiger partial charge < -0.3 is 21.3 Å². The van der Waals surface area contributed by atoms with E-state index in [2.05, 4.69) is 5.32 Å². The highest BCUT2D eigenvalue weighted by Gasteiger charge is 2.35. The summed E-state index contributed by atoms with van der Waals surface area (Å²) < 4.78 is 0. The molecule has 8 heteroatoms. The molecule has 8 nitrogen and oxygen atoms in total. The molecule has 0 spiro atoms. The number of anilines is 3. The van der Waals surface area contributed by atoms with Crippen molar-refractivity contribution in [1.29, 1.82) is 0 Å². The summed E-state index contributed by atoms with van der Waals surface area (Å²) in [4.78, 5) is 49.5. The Balaban J connectivity index is 2.00. The molecule has 0 fully saturated rings. The van der Waals surface area contributed by atoms with Gasteiger partial charge in [0.15, 0.2) is 11.6 Å². The van der Waals surface area contributed by atoms with Crippen LogP contribution in [-0.4, -0.2) is 33.7 Å². The Hall–Kier alpha value is -4.46. The zero-order valence-electron chi connectivity index (χ0n) is 15.3. The van der Waals surface area contributed by atoms with Crippen molar-refractivity contribution in [2.24, 2.45) is 0 Å². The van der Waals surface area contributed by atoms with Crippen molar-refractivity contribution < 1.29 is 29.4 Å². The number of ketones is 2. The van der Waals surface area contributed by atoms with Crippen LogP contribution < -0.4 is 11.1 Å². The number of carboxylic acid groups (broad SMARTS) is 2. The van der Waals surface area contributed by atoms with Crippen LogP contribution in [0.15, 0.2) is 54.6 Å². The lowest BCUT2D eigenvalue weighted by Gasteiger charge is -2.23. The number of nitrogens with two attached hydrogens (primary N) is 1. The van der Waals surface area contributed by atoms with Crippen LogP contribution in [0.4, 0.5) is 17.1 Å². The number of nitrogens with one attached hydrogen (secondary N) is 1. The summed E-state index contributed by atoms with van der Waals surface area (Å²) in [6.45, 7) is 0. The molecule has 0 aromatic heterocycles. The molecule has 0 aliphatic heterocycles. The molecule has 3 aromatic rings. The summed E-state index contributed by atoms with van der Waals surface area (Å²) in [6.07, 6.45) is 0. The summed E-state index contributed by atoms with van der Waals surface area (Å²) in [5, 5.41) is 21.8. The molecule has 0 atom stereocenters. The largest absolute Gasteiger partial charge is 0.478 e. The topological polar surface area (TPSA) is 147 Å². The van der Waals surface area contributed by atoms with E-state index in [-0.39, 0.29) is 50.4 Å². The van der Waals surface area contributed by atoms with E-state index < -0.39 is 23.5 Å². The fraction of sp³-hybridized carbons (Fsp3) is 0. The lowest BCUT2D eigenvalue weighted by Crippen LogP contribution is -2.25. The molecule has 30 heavy (non-hydrogen) atoms. The Kier molecular flexibility index (Phi) is 4.31. The quantitative estimate of drug-likeness (QED) is 0.381. The number of carbonyl (C=O) groups is 4. The summed E-state index contributed by atoms with van der Waals surface area (Å²) >= 11 is 0. The molecule has 148 valence electrons.